The van der Waals surface area contributed by atoms with Crippen molar-refractivity contribution < 1.29 is 9.53 Å². The molecule has 0 bridgehead atoms. The smallest absolute Gasteiger partial charge is 0.339 e. The second-order valence-electron chi connectivity index (χ2n) is 7.32. The lowest BCUT2D eigenvalue weighted by Gasteiger charge is -2.52. The molecule has 0 aliphatic carbocycles. The van der Waals surface area contributed by atoms with Crippen LogP contribution >= 0.6 is 12.4 Å². The van der Waals surface area contributed by atoms with E-state index in [-0.39, 0.29) is 23.8 Å². The minimum absolute atomic E-state index is 0. The van der Waals surface area contributed by atoms with Crippen LogP contribution in [-0.2, 0) is 10.3 Å². The van der Waals surface area contributed by atoms with Gasteiger partial charge in [0.1, 0.15) is 5.60 Å². The summed E-state index contributed by atoms with van der Waals surface area (Å²) >= 11 is 0. The highest BCUT2D eigenvalue weighted by molar-refractivity contribution is 5.89. The average Bonchev–Trinajstić information content (AvgIpc) is 2.58. The minimum atomic E-state index is -0.617. The first-order chi connectivity index (χ1) is 11.4. The molecule has 2 aromatic rings. The normalized spacial score (nSPS) is 22.7. The summed E-state index contributed by atoms with van der Waals surface area (Å²) < 4.78 is 6.25. The molecule has 3 nitrogen and oxygen atoms in total. The number of hydrogen-bond acceptors (Lipinski definition) is 3. The first kappa shape index (κ1) is 19.5. The van der Waals surface area contributed by atoms with Crippen LogP contribution in [0.5, 0.6) is 0 Å². The molecule has 0 radical (unpaired) electrons. The SMILES string of the molecule is CN1CCC(OC(=O)c2ccccc2)(c2ccccc2)C(C)(C)C1.Cl. The number of carbonyl (C=O) groups is 1. The molecule has 1 aliphatic rings. The molecule has 0 N–H and O–H groups in total. The van der Waals surface area contributed by atoms with Gasteiger partial charge in [-0.15, -0.1) is 12.4 Å². The van der Waals surface area contributed by atoms with E-state index in [1.807, 2.05) is 48.5 Å². The number of nitrogens with zero attached hydrogens (tertiary/aromatic N) is 1. The zero-order chi connectivity index (χ0) is 17.2. The lowest BCUT2D eigenvalue weighted by molar-refractivity contribution is -0.130. The molecule has 1 atom stereocenters. The van der Waals surface area contributed by atoms with Gasteiger partial charge in [0.05, 0.1) is 5.56 Å². The molecule has 1 saturated heterocycles. The quantitative estimate of drug-likeness (QED) is 0.754. The summed E-state index contributed by atoms with van der Waals surface area (Å²) in [5, 5.41) is 0. The lowest BCUT2D eigenvalue weighted by atomic mass is 9.66. The fraction of sp³-hybridized carbons (Fsp3) is 0.381. The minimum Gasteiger partial charge on any atom is -0.450 e. The van der Waals surface area contributed by atoms with Crippen molar-refractivity contribution in [1.82, 2.24) is 4.90 Å². The van der Waals surface area contributed by atoms with Gasteiger partial charge in [-0.25, -0.2) is 4.79 Å². The van der Waals surface area contributed by atoms with Crippen molar-refractivity contribution in [2.75, 3.05) is 20.1 Å². The van der Waals surface area contributed by atoms with Crippen molar-refractivity contribution in [3.8, 4) is 0 Å². The van der Waals surface area contributed by atoms with Crippen molar-refractivity contribution in [2.24, 2.45) is 5.41 Å². The summed E-state index contributed by atoms with van der Waals surface area (Å²) in [4.78, 5) is 15.1. The Labute approximate surface area is 156 Å². The molecule has 4 heteroatoms. The number of ether oxygens (including phenoxy) is 1. The predicted molar refractivity (Wildman–Crippen MR) is 103 cm³/mol. The third-order valence-corrected chi connectivity index (χ3v) is 5.12. The molecule has 0 amide bonds. The fourth-order valence-corrected chi connectivity index (χ4v) is 3.85. The fourth-order valence-electron chi connectivity index (χ4n) is 3.85. The van der Waals surface area contributed by atoms with Gasteiger partial charge in [0.2, 0.25) is 0 Å². The Morgan fingerprint density at radius 1 is 1.00 bits per heavy atom. The van der Waals surface area contributed by atoms with E-state index in [0.717, 1.165) is 25.1 Å². The predicted octanol–water partition coefficient (Wildman–Crippen LogP) is 4.52. The van der Waals surface area contributed by atoms with Gasteiger partial charge in [-0.2, -0.15) is 0 Å². The van der Waals surface area contributed by atoms with Crippen molar-refractivity contribution >= 4 is 18.4 Å². The van der Waals surface area contributed by atoms with Gasteiger partial charge in [0.25, 0.3) is 0 Å². The van der Waals surface area contributed by atoms with Crippen LogP contribution < -0.4 is 0 Å². The summed E-state index contributed by atoms with van der Waals surface area (Å²) in [6.07, 6.45) is 0.791. The van der Waals surface area contributed by atoms with E-state index in [4.69, 9.17) is 4.74 Å². The van der Waals surface area contributed by atoms with E-state index in [1.165, 1.54) is 0 Å². The highest BCUT2D eigenvalue weighted by atomic mass is 35.5. The third-order valence-electron chi connectivity index (χ3n) is 5.12. The third kappa shape index (κ3) is 3.73. The molecule has 0 spiro atoms. The first-order valence-electron chi connectivity index (χ1n) is 8.47. The number of halogens is 1. The summed E-state index contributed by atoms with van der Waals surface area (Å²) in [5.74, 6) is -0.253. The molecule has 25 heavy (non-hydrogen) atoms. The highest BCUT2D eigenvalue weighted by Gasteiger charge is 2.52. The van der Waals surface area contributed by atoms with E-state index in [9.17, 15) is 4.79 Å². The van der Waals surface area contributed by atoms with Crippen LogP contribution in [0.2, 0.25) is 0 Å². The summed E-state index contributed by atoms with van der Waals surface area (Å²) in [7, 11) is 2.12. The van der Waals surface area contributed by atoms with Crippen LogP contribution in [0, 0.1) is 5.41 Å². The largest absolute Gasteiger partial charge is 0.450 e. The Morgan fingerprint density at radius 3 is 2.12 bits per heavy atom. The van der Waals surface area contributed by atoms with E-state index in [1.54, 1.807) is 0 Å². The molecular formula is C21H26ClNO2. The first-order valence-corrected chi connectivity index (χ1v) is 8.47. The number of esters is 1. The molecule has 0 saturated carbocycles. The Hall–Kier alpha value is -1.84. The molecule has 1 fully saturated rings. The van der Waals surface area contributed by atoms with Crippen molar-refractivity contribution in [2.45, 2.75) is 25.9 Å². The average molecular weight is 360 g/mol. The van der Waals surface area contributed by atoms with E-state index in [0.29, 0.717) is 5.56 Å². The lowest BCUT2D eigenvalue weighted by Crippen LogP contribution is -2.56. The molecule has 134 valence electrons. The molecule has 1 unspecified atom stereocenters. The van der Waals surface area contributed by atoms with Gasteiger partial charge in [-0.05, 0) is 24.7 Å². The Kier molecular flexibility index (Phi) is 5.91. The standard InChI is InChI=1S/C21H25NO2.ClH/c1-20(2)16-22(3)15-14-21(20,18-12-8-5-9-13-18)24-19(23)17-10-6-4-7-11-17;/h4-13H,14-16H2,1-3H3;1H. The van der Waals surface area contributed by atoms with Gasteiger partial charge >= 0.3 is 5.97 Å². The second kappa shape index (κ2) is 7.59. The zero-order valence-corrected chi connectivity index (χ0v) is 15.9. The maximum Gasteiger partial charge on any atom is 0.339 e. The van der Waals surface area contributed by atoms with Crippen LogP contribution in [0.25, 0.3) is 0 Å². The summed E-state index contributed by atoms with van der Waals surface area (Å²) in [5.41, 5.74) is 0.870. The highest BCUT2D eigenvalue weighted by Crippen LogP contribution is 2.49. The summed E-state index contributed by atoms with van der Waals surface area (Å²) in [6.45, 7) is 6.16. The van der Waals surface area contributed by atoms with Crippen LogP contribution in [0.3, 0.4) is 0 Å². The number of carbonyl (C=O) groups excluding carboxylic acids is 1. The van der Waals surface area contributed by atoms with E-state index in [2.05, 4.69) is 37.9 Å². The van der Waals surface area contributed by atoms with Crippen LogP contribution in [-0.4, -0.2) is 31.0 Å². The second-order valence-corrected chi connectivity index (χ2v) is 7.32. The Morgan fingerprint density at radius 2 is 1.56 bits per heavy atom. The van der Waals surface area contributed by atoms with Crippen LogP contribution in [0.1, 0.15) is 36.2 Å². The number of rotatable bonds is 3. The van der Waals surface area contributed by atoms with Gasteiger partial charge in [0.15, 0.2) is 0 Å². The number of likely N-dealkylation sites (tertiary alicyclic amines) is 1. The van der Waals surface area contributed by atoms with Crippen LogP contribution in [0.15, 0.2) is 60.7 Å². The molecule has 2 aromatic carbocycles. The van der Waals surface area contributed by atoms with Gasteiger partial charge in [0, 0.05) is 24.9 Å². The van der Waals surface area contributed by atoms with E-state index < -0.39 is 5.60 Å². The van der Waals surface area contributed by atoms with Crippen molar-refractivity contribution in [1.29, 1.82) is 0 Å². The molecule has 1 aliphatic heterocycles. The monoisotopic (exact) mass is 359 g/mol. The van der Waals surface area contributed by atoms with Crippen molar-refractivity contribution in [3.05, 3.63) is 71.8 Å². The Bertz CT molecular complexity index is 702. The van der Waals surface area contributed by atoms with E-state index >= 15 is 0 Å². The number of hydrogen-bond donors (Lipinski definition) is 0. The zero-order valence-electron chi connectivity index (χ0n) is 15.1. The maximum atomic E-state index is 12.8. The van der Waals surface area contributed by atoms with Crippen LogP contribution in [0.4, 0.5) is 0 Å². The maximum absolute atomic E-state index is 12.8. The van der Waals surface area contributed by atoms with Gasteiger partial charge in [-0.3, -0.25) is 0 Å². The van der Waals surface area contributed by atoms with Gasteiger partial charge in [-0.1, -0.05) is 62.4 Å². The van der Waals surface area contributed by atoms with Gasteiger partial charge < -0.3 is 9.64 Å². The Balaban J connectivity index is 0.00000225. The molecule has 3 rings (SSSR count). The summed E-state index contributed by atoms with van der Waals surface area (Å²) in [6, 6.07) is 19.4. The molecular weight excluding hydrogens is 334 g/mol. The number of benzene rings is 2. The topological polar surface area (TPSA) is 29.5 Å². The van der Waals surface area contributed by atoms with Crippen molar-refractivity contribution in [3.63, 3.8) is 0 Å². The number of piperidine rings is 1. The molecule has 1 heterocycles. The molecule has 0 aromatic heterocycles.